The highest BCUT2D eigenvalue weighted by molar-refractivity contribution is 6.24. The second kappa shape index (κ2) is 11.5. The molecule has 11 aromatic rings. The predicted octanol–water partition coefficient (Wildman–Crippen LogP) is 14.6. The van der Waals surface area contributed by atoms with Crippen molar-refractivity contribution >= 4 is 53.9 Å². The Bertz CT molecular complexity index is 3190. The maximum atomic E-state index is 2.52. The van der Waals surface area contributed by atoms with Crippen LogP contribution in [-0.4, -0.2) is 0 Å². The summed E-state index contributed by atoms with van der Waals surface area (Å²) in [6.07, 6.45) is 0. The second-order valence-electron chi connectivity index (χ2n) is 15.2. The molecule has 0 saturated heterocycles. The molecule has 0 aromatic heterocycles. The fraction of sp³-hybridized carbons (Fsp3) is 0.0182. The zero-order valence-electron chi connectivity index (χ0n) is 30.1. The smallest absolute Gasteiger partial charge is 0.0622 e. The average molecular weight is 695 g/mol. The molecule has 1 aliphatic rings. The largest absolute Gasteiger partial charge is 0.0720 e. The van der Waals surface area contributed by atoms with Crippen molar-refractivity contribution < 1.29 is 0 Å². The first kappa shape index (κ1) is 30.4. The summed E-state index contributed by atoms with van der Waals surface area (Å²) in [5.41, 5.74) is 12.2. The third-order valence-corrected chi connectivity index (χ3v) is 12.4. The van der Waals surface area contributed by atoms with Gasteiger partial charge in [-0.1, -0.05) is 182 Å². The van der Waals surface area contributed by atoms with Crippen LogP contribution in [0.4, 0.5) is 0 Å². The molecule has 0 radical (unpaired) electrons. The number of rotatable bonds is 4. The van der Waals surface area contributed by atoms with E-state index < -0.39 is 5.41 Å². The molecule has 1 aliphatic carbocycles. The highest BCUT2D eigenvalue weighted by Crippen LogP contribution is 2.61. The van der Waals surface area contributed by atoms with Gasteiger partial charge in [0.05, 0.1) is 5.41 Å². The summed E-state index contributed by atoms with van der Waals surface area (Å²) in [6, 6.07) is 77.4. The van der Waals surface area contributed by atoms with Crippen molar-refractivity contribution in [2.45, 2.75) is 5.41 Å². The van der Waals surface area contributed by atoms with Crippen molar-refractivity contribution in [1.29, 1.82) is 0 Å². The molecule has 0 fully saturated rings. The van der Waals surface area contributed by atoms with Gasteiger partial charge in [-0.25, -0.2) is 0 Å². The van der Waals surface area contributed by atoms with E-state index in [1.165, 1.54) is 109 Å². The van der Waals surface area contributed by atoms with Crippen LogP contribution in [0.25, 0.3) is 87.2 Å². The average Bonchev–Trinajstić information content (AvgIpc) is 3.57. The van der Waals surface area contributed by atoms with Crippen LogP contribution in [0.5, 0.6) is 0 Å². The van der Waals surface area contributed by atoms with Gasteiger partial charge in [0.15, 0.2) is 0 Å². The van der Waals surface area contributed by atoms with Gasteiger partial charge in [-0.05, 0) is 134 Å². The predicted molar refractivity (Wildman–Crippen MR) is 233 cm³/mol. The summed E-state index contributed by atoms with van der Waals surface area (Å²) in [5.74, 6) is 0. The van der Waals surface area contributed by atoms with Crippen molar-refractivity contribution in [3.63, 3.8) is 0 Å². The summed E-state index contributed by atoms with van der Waals surface area (Å²) in [7, 11) is 0. The minimum absolute atomic E-state index is 0.588. The molecule has 0 N–H and O–H groups in total. The van der Waals surface area contributed by atoms with Crippen molar-refractivity contribution in [3.8, 4) is 33.4 Å². The van der Waals surface area contributed by atoms with Crippen molar-refractivity contribution in [2.75, 3.05) is 0 Å². The SMILES string of the molecule is c1ccc(C2(c3ccccc3)c3cc(-c4cc5ccc6cccc7ccc(c4)c5c67)ccc3-c3c2c(-c2cccc4ccccc24)cc2ccccc32)cc1. The molecule has 0 amide bonds. The molecule has 0 heterocycles. The number of benzene rings is 11. The molecular formula is C55H34. The fourth-order valence-electron chi connectivity index (χ4n) is 10.1. The molecule has 0 bridgehead atoms. The molecule has 0 nitrogen and oxygen atoms in total. The van der Waals surface area contributed by atoms with Crippen LogP contribution < -0.4 is 0 Å². The van der Waals surface area contributed by atoms with Gasteiger partial charge in [0.25, 0.3) is 0 Å². The lowest BCUT2D eigenvalue weighted by molar-refractivity contribution is 0.771. The molecule has 0 aliphatic heterocycles. The van der Waals surface area contributed by atoms with E-state index in [9.17, 15) is 0 Å². The summed E-state index contributed by atoms with van der Waals surface area (Å²) in [4.78, 5) is 0. The van der Waals surface area contributed by atoms with Gasteiger partial charge in [-0.15, -0.1) is 0 Å². The van der Waals surface area contributed by atoms with Crippen LogP contribution in [0.1, 0.15) is 22.3 Å². The van der Waals surface area contributed by atoms with Gasteiger partial charge in [0, 0.05) is 0 Å². The van der Waals surface area contributed by atoms with Gasteiger partial charge in [-0.2, -0.15) is 0 Å². The normalized spacial score (nSPS) is 13.2. The van der Waals surface area contributed by atoms with Crippen molar-refractivity contribution in [2.24, 2.45) is 0 Å². The zero-order chi connectivity index (χ0) is 36.1. The Morgan fingerprint density at radius 2 is 0.836 bits per heavy atom. The molecule has 254 valence electrons. The van der Waals surface area contributed by atoms with Gasteiger partial charge >= 0.3 is 0 Å². The lowest BCUT2D eigenvalue weighted by atomic mass is 9.65. The van der Waals surface area contributed by atoms with Crippen LogP contribution in [-0.2, 0) is 5.41 Å². The van der Waals surface area contributed by atoms with Crippen LogP contribution in [0.3, 0.4) is 0 Å². The molecule has 0 saturated carbocycles. The summed E-state index contributed by atoms with van der Waals surface area (Å²) in [5, 5.41) is 12.9. The molecular weight excluding hydrogens is 661 g/mol. The van der Waals surface area contributed by atoms with E-state index >= 15 is 0 Å². The first-order chi connectivity index (χ1) is 27.3. The number of hydrogen-bond donors (Lipinski definition) is 0. The third-order valence-electron chi connectivity index (χ3n) is 12.4. The lowest BCUT2D eigenvalue weighted by Gasteiger charge is -2.36. The Balaban J connectivity index is 1.22. The van der Waals surface area contributed by atoms with Crippen LogP contribution in [0, 0.1) is 0 Å². The van der Waals surface area contributed by atoms with E-state index in [4.69, 9.17) is 0 Å². The molecule has 55 heavy (non-hydrogen) atoms. The van der Waals surface area contributed by atoms with E-state index in [2.05, 4.69) is 206 Å². The summed E-state index contributed by atoms with van der Waals surface area (Å²) in [6.45, 7) is 0. The number of hydrogen-bond acceptors (Lipinski definition) is 0. The third kappa shape index (κ3) is 4.23. The summed E-state index contributed by atoms with van der Waals surface area (Å²) < 4.78 is 0. The molecule has 0 unspecified atom stereocenters. The van der Waals surface area contributed by atoms with E-state index in [0.717, 1.165) is 0 Å². The Labute approximate surface area is 319 Å². The van der Waals surface area contributed by atoms with Crippen molar-refractivity contribution in [3.05, 3.63) is 229 Å². The highest BCUT2D eigenvalue weighted by atomic mass is 14.5. The van der Waals surface area contributed by atoms with Gasteiger partial charge in [0.1, 0.15) is 0 Å². The molecule has 0 spiro atoms. The highest BCUT2D eigenvalue weighted by Gasteiger charge is 2.48. The van der Waals surface area contributed by atoms with Gasteiger partial charge < -0.3 is 0 Å². The van der Waals surface area contributed by atoms with E-state index in [1.807, 2.05) is 0 Å². The standard InChI is InChI=1S/C55H34/c1-3-18-43(19-4-1)55(44-20-5-2-6-21-44)50-34-38(42-31-40-27-25-36-16-11-17-37-26-28-41(32-42)52(40)51(36)37)29-30-48(50)53-46-23-10-8-14-39(46)33-49(54(53)55)47-24-12-15-35-13-7-9-22-45(35)47/h1-34H. The summed E-state index contributed by atoms with van der Waals surface area (Å²) >= 11 is 0. The maximum absolute atomic E-state index is 2.52. The first-order valence-corrected chi connectivity index (χ1v) is 19.3. The van der Waals surface area contributed by atoms with Gasteiger partial charge in [-0.3, -0.25) is 0 Å². The van der Waals surface area contributed by atoms with Crippen LogP contribution >= 0.6 is 0 Å². The number of fused-ring (bicyclic) bond motifs is 6. The maximum Gasteiger partial charge on any atom is 0.0720 e. The Morgan fingerprint density at radius 1 is 0.291 bits per heavy atom. The molecule has 12 rings (SSSR count). The minimum atomic E-state index is -0.588. The molecule has 11 aromatic carbocycles. The quantitative estimate of drug-likeness (QED) is 0.161. The van der Waals surface area contributed by atoms with Gasteiger partial charge in [0.2, 0.25) is 0 Å². The Kier molecular flexibility index (Phi) is 6.36. The second-order valence-corrected chi connectivity index (χ2v) is 15.2. The topological polar surface area (TPSA) is 0 Å². The monoisotopic (exact) mass is 694 g/mol. The Hall–Kier alpha value is -7.02. The first-order valence-electron chi connectivity index (χ1n) is 19.3. The van der Waals surface area contributed by atoms with Crippen molar-refractivity contribution in [1.82, 2.24) is 0 Å². The van der Waals surface area contributed by atoms with Crippen LogP contribution in [0.2, 0.25) is 0 Å². The van der Waals surface area contributed by atoms with E-state index in [0.29, 0.717) is 0 Å². The minimum Gasteiger partial charge on any atom is -0.0622 e. The fourth-order valence-corrected chi connectivity index (χ4v) is 10.1. The molecule has 0 heteroatoms. The van der Waals surface area contributed by atoms with E-state index in [1.54, 1.807) is 0 Å². The lowest BCUT2D eigenvalue weighted by Crippen LogP contribution is -2.29. The molecule has 0 atom stereocenters. The zero-order valence-corrected chi connectivity index (χ0v) is 30.1. The van der Waals surface area contributed by atoms with Crippen LogP contribution in [0.15, 0.2) is 206 Å². The Morgan fingerprint density at radius 3 is 1.55 bits per heavy atom. The van der Waals surface area contributed by atoms with E-state index in [-0.39, 0.29) is 0 Å².